The summed E-state index contributed by atoms with van der Waals surface area (Å²) in [5.41, 5.74) is -0.712. The summed E-state index contributed by atoms with van der Waals surface area (Å²) in [4.78, 5) is 43.7. The predicted molar refractivity (Wildman–Crippen MR) is 115 cm³/mol. The normalized spacial score (nSPS) is 30.5. The average Bonchev–Trinajstić information content (AvgIpc) is 3.05. The lowest BCUT2D eigenvalue weighted by Crippen LogP contribution is -2.56. The number of benzene rings is 1. The molecule has 3 aliphatic heterocycles. The predicted octanol–water partition coefficient (Wildman–Crippen LogP) is 1.43. The smallest absolute Gasteiger partial charge is 0.326 e. The number of para-hydroxylation sites is 2. The molecular weight excluding hydrogens is 412 g/mol. The first-order chi connectivity index (χ1) is 15.4. The van der Waals surface area contributed by atoms with Gasteiger partial charge in [-0.2, -0.15) is 0 Å². The van der Waals surface area contributed by atoms with E-state index in [1.807, 2.05) is 18.2 Å². The van der Waals surface area contributed by atoms with Gasteiger partial charge in [-0.25, -0.2) is 9.69 Å². The molecule has 0 radical (unpaired) electrons. The van der Waals surface area contributed by atoms with Crippen molar-refractivity contribution < 1.29 is 23.9 Å². The maximum absolute atomic E-state index is 13.1. The van der Waals surface area contributed by atoms with Crippen molar-refractivity contribution in [1.29, 1.82) is 0 Å². The summed E-state index contributed by atoms with van der Waals surface area (Å²) in [5, 5.41) is 2.97. The Balaban J connectivity index is 1.14. The number of carbonyl (C=O) groups is 3. The van der Waals surface area contributed by atoms with Gasteiger partial charge in [0.1, 0.15) is 12.1 Å². The largest absolute Gasteiger partial charge is 0.485 e. The lowest BCUT2D eigenvalue weighted by Gasteiger charge is -2.38. The number of ether oxygens (including phenoxy) is 2. The second-order valence-electron chi connectivity index (χ2n) is 9.38. The van der Waals surface area contributed by atoms with Crippen LogP contribution in [0.1, 0.15) is 32.6 Å². The van der Waals surface area contributed by atoms with Crippen molar-refractivity contribution in [3.05, 3.63) is 24.3 Å². The number of hydrogen-bond acceptors (Lipinski definition) is 6. The molecule has 172 valence electrons. The van der Waals surface area contributed by atoms with Gasteiger partial charge in [-0.1, -0.05) is 19.1 Å². The molecule has 0 aromatic heterocycles. The van der Waals surface area contributed by atoms with Crippen molar-refractivity contribution in [2.24, 2.45) is 5.92 Å². The second kappa shape index (κ2) is 8.27. The SMILES string of the molecule is CC1CCC2(CC1)NC(=O)N(CN1CCN(C(=O)C3COc4ccccc4O3)CC1)C2=O. The molecule has 1 aromatic carbocycles. The van der Waals surface area contributed by atoms with Gasteiger partial charge in [0.2, 0.25) is 6.10 Å². The maximum atomic E-state index is 13.1. The highest BCUT2D eigenvalue weighted by atomic mass is 16.6. The van der Waals surface area contributed by atoms with Crippen LogP contribution in [0.2, 0.25) is 0 Å². The summed E-state index contributed by atoms with van der Waals surface area (Å²) in [7, 11) is 0. The standard InChI is InChI=1S/C23H30N4O5/c1-16-6-8-23(9-7-16)21(29)27(22(30)24-23)15-25-10-12-26(13-11-25)20(28)19-14-31-17-4-2-3-5-18(17)32-19/h2-5,16,19H,6-15H2,1H3,(H,24,30). The van der Waals surface area contributed by atoms with Gasteiger partial charge in [-0.3, -0.25) is 14.5 Å². The number of nitrogens with one attached hydrogen (secondary N) is 1. The number of urea groups is 1. The van der Waals surface area contributed by atoms with Crippen LogP contribution in [-0.2, 0) is 9.59 Å². The molecule has 3 fully saturated rings. The molecule has 2 saturated heterocycles. The molecule has 0 bridgehead atoms. The van der Waals surface area contributed by atoms with Crippen molar-refractivity contribution in [3.63, 3.8) is 0 Å². The molecule has 1 unspecified atom stereocenters. The van der Waals surface area contributed by atoms with Gasteiger partial charge in [0.05, 0.1) is 6.67 Å². The molecule has 1 aliphatic carbocycles. The van der Waals surface area contributed by atoms with Crippen LogP contribution in [0.4, 0.5) is 4.79 Å². The molecule has 32 heavy (non-hydrogen) atoms. The minimum atomic E-state index is -0.712. The number of fused-ring (bicyclic) bond motifs is 1. The first kappa shape index (κ1) is 21.1. The van der Waals surface area contributed by atoms with E-state index in [2.05, 4.69) is 17.1 Å². The molecule has 3 heterocycles. The van der Waals surface area contributed by atoms with E-state index < -0.39 is 11.6 Å². The zero-order chi connectivity index (χ0) is 22.3. The Bertz CT molecular complexity index is 905. The van der Waals surface area contributed by atoms with E-state index in [-0.39, 0.29) is 31.1 Å². The Labute approximate surface area is 187 Å². The van der Waals surface area contributed by atoms with Crippen LogP contribution in [0.15, 0.2) is 24.3 Å². The second-order valence-corrected chi connectivity index (χ2v) is 9.38. The minimum absolute atomic E-state index is 0.0931. The number of piperazine rings is 1. The monoisotopic (exact) mass is 442 g/mol. The van der Waals surface area contributed by atoms with Crippen molar-refractivity contribution in [3.8, 4) is 11.5 Å². The Morgan fingerprint density at radius 3 is 2.50 bits per heavy atom. The summed E-state index contributed by atoms with van der Waals surface area (Å²) in [6.07, 6.45) is 2.68. The van der Waals surface area contributed by atoms with Crippen LogP contribution in [0.3, 0.4) is 0 Å². The zero-order valence-electron chi connectivity index (χ0n) is 18.4. The van der Waals surface area contributed by atoms with E-state index in [0.29, 0.717) is 56.4 Å². The quantitative estimate of drug-likeness (QED) is 0.712. The topological polar surface area (TPSA) is 91.4 Å². The van der Waals surface area contributed by atoms with Crippen molar-refractivity contribution in [2.45, 2.75) is 44.2 Å². The van der Waals surface area contributed by atoms with Crippen LogP contribution in [0, 0.1) is 5.92 Å². The number of imide groups is 1. The number of nitrogens with zero attached hydrogens (tertiary/aromatic N) is 3. The number of hydrogen-bond donors (Lipinski definition) is 1. The molecule has 4 aliphatic rings. The fourth-order valence-electron chi connectivity index (χ4n) is 5.05. The van der Waals surface area contributed by atoms with E-state index in [1.54, 1.807) is 11.0 Å². The molecule has 1 saturated carbocycles. The molecule has 1 spiro atoms. The highest BCUT2D eigenvalue weighted by Gasteiger charge is 2.52. The van der Waals surface area contributed by atoms with Gasteiger partial charge < -0.3 is 19.7 Å². The molecular formula is C23H30N4O5. The lowest BCUT2D eigenvalue weighted by molar-refractivity contribution is -0.144. The van der Waals surface area contributed by atoms with E-state index in [4.69, 9.17) is 9.47 Å². The van der Waals surface area contributed by atoms with E-state index in [1.165, 1.54) is 4.90 Å². The van der Waals surface area contributed by atoms with Gasteiger partial charge >= 0.3 is 6.03 Å². The first-order valence-corrected chi connectivity index (χ1v) is 11.5. The summed E-state index contributed by atoms with van der Waals surface area (Å²) >= 11 is 0. The molecule has 9 heteroatoms. The molecule has 1 atom stereocenters. The Hall–Kier alpha value is -2.81. The summed E-state index contributed by atoms with van der Waals surface area (Å²) < 4.78 is 11.5. The van der Waals surface area contributed by atoms with Gasteiger partial charge in [0.15, 0.2) is 11.5 Å². The Kier molecular flexibility index (Phi) is 5.44. The average molecular weight is 443 g/mol. The van der Waals surface area contributed by atoms with Crippen LogP contribution >= 0.6 is 0 Å². The van der Waals surface area contributed by atoms with Crippen LogP contribution in [0.25, 0.3) is 0 Å². The Morgan fingerprint density at radius 1 is 1.09 bits per heavy atom. The summed E-state index contributed by atoms with van der Waals surface area (Å²) in [6.45, 7) is 4.88. The third kappa shape index (κ3) is 3.79. The lowest BCUT2D eigenvalue weighted by atomic mass is 9.77. The summed E-state index contributed by atoms with van der Waals surface area (Å²) in [5.74, 6) is 1.64. The van der Waals surface area contributed by atoms with Gasteiger partial charge in [-0.05, 0) is 43.7 Å². The Morgan fingerprint density at radius 2 is 1.78 bits per heavy atom. The van der Waals surface area contributed by atoms with Gasteiger partial charge in [-0.15, -0.1) is 0 Å². The fourth-order valence-corrected chi connectivity index (χ4v) is 5.05. The number of amides is 4. The maximum Gasteiger partial charge on any atom is 0.326 e. The molecule has 4 amide bonds. The van der Waals surface area contributed by atoms with Crippen molar-refractivity contribution in [1.82, 2.24) is 20.0 Å². The molecule has 5 rings (SSSR count). The van der Waals surface area contributed by atoms with E-state index in [9.17, 15) is 14.4 Å². The fraction of sp³-hybridized carbons (Fsp3) is 0.609. The molecule has 9 nitrogen and oxygen atoms in total. The van der Waals surface area contributed by atoms with Crippen LogP contribution in [-0.4, -0.2) is 83.6 Å². The van der Waals surface area contributed by atoms with Gasteiger partial charge in [0.25, 0.3) is 11.8 Å². The van der Waals surface area contributed by atoms with Crippen molar-refractivity contribution >= 4 is 17.8 Å². The third-order valence-corrected chi connectivity index (χ3v) is 7.18. The number of rotatable bonds is 3. The first-order valence-electron chi connectivity index (χ1n) is 11.5. The van der Waals surface area contributed by atoms with Gasteiger partial charge in [0, 0.05) is 26.2 Å². The van der Waals surface area contributed by atoms with E-state index in [0.717, 1.165) is 12.8 Å². The summed E-state index contributed by atoms with van der Waals surface area (Å²) in [6, 6.07) is 7.04. The number of carbonyl (C=O) groups excluding carboxylic acids is 3. The van der Waals surface area contributed by atoms with Crippen LogP contribution < -0.4 is 14.8 Å². The van der Waals surface area contributed by atoms with Crippen molar-refractivity contribution in [2.75, 3.05) is 39.5 Å². The van der Waals surface area contributed by atoms with Crippen LogP contribution in [0.5, 0.6) is 11.5 Å². The molecule has 1 aromatic rings. The third-order valence-electron chi connectivity index (χ3n) is 7.18. The van der Waals surface area contributed by atoms with E-state index >= 15 is 0 Å². The highest BCUT2D eigenvalue weighted by Crippen LogP contribution is 2.36. The highest BCUT2D eigenvalue weighted by molar-refractivity contribution is 6.07. The minimum Gasteiger partial charge on any atom is -0.485 e. The zero-order valence-corrected chi connectivity index (χ0v) is 18.4. The molecule has 1 N–H and O–H groups in total.